The number of ether oxygens (including phenoxy) is 1. The van der Waals surface area contributed by atoms with E-state index in [1.165, 1.54) is 17.3 Å². The number of anilines is 1. The number of imidazole rings is 1. The summed E-state index contributed by atoms with van der Waals surface area (Å²) in [7, 11) is 1.85. The van der Waals surface area contributed by atoms with E-state index in [9.17, 15) is 14.0 Å². The molecular weight excluding hydrogens is 549 g/mol. The molecule has 6 rings (SSSR count). The molecular formula is C32H40FN7O3. The number of nitrogens with zero attached hydrogens (tertiary/aromatic N) is 6. The number of hydrogen-bond acceptors (Lipinski definition) is 7. The quantitative estimate of drug-likeness (QED) is 0.407. The zero-order chi connectivity index (χ0) is 30.1. The average molecular weight is 590 g/mol. The molecule has 10 nitrogen and oxygen atoms in total. The number of aromatic nitrogens is 3. The van der Waals surface area contributed by atoms with Gasteiger partial charge in [0.25, 0.3) is 5.91 Å². The van der Waals surface area contributed by atoms with Gasteiger partial charge in [-0.2, -0.15) is 0 Å². The van der Waals surface area contributed by atoms with Gasteiger partial charge in [-0.1, -0.05) is 12.5 Å². The largest absolute Gasteiger partial charge is 0.491 e. The van der Waals surface area contributed by atoms with Crippen molar-refractivity contribution >= 4 is 17.8 Å². The number of fused-ring (bicyclic) bond motifs is 2. The predicted molar refractivity (Wildman–Crippen MR) is 160 cm³/mol. The van der Waals surface area contributed by atoms with E-state index < -0.39 is 5.82 Å². The molecule has 2 aliphatic heterocycles. The van der Waals surface area contributed by atoms with Crippen LogP contribution in [-0.4, -0.2) is 87.4 Å². The molecule has 0 atom stereocenters. The van der Waals surface area contributed by atoms with Crippen LogP contribution in [0.25, 0.3) is 0 Å². The number of carbonyl (C=O) groups excluding carboxylic acids is 2. The first-order chi connectivity index (χ1) is 20.8. The number of rotatable bonds is 9. The Hall–Kier alpha value is -3.99. The molecule has 2 amide bonds. The zero-order valence-corrected chi connectivity index (χ0v) is 25.2. The van der Waals surface area contributed by atoms with E-state index in [4.69, 9.17) is 4.74 Å². The first-order valence-electron chi connectivity index (χ1n) is 15.2. The van der Waals surface area contributed by atoms with Crippen molar-refractivity contribution in [3.05, 3.63) is 70.6 Å². The summed E-state index contributed by atoms with van der Waals surface area (Å²) in [6.07, 6.45) is 8.02. The van der Waals surface area contributed by atoms with Gasteiger partial charge in [0.1, 0.15) is 0 Å². The molecule has 2 aromatic heterocycles. The maximum atomic E-state index is 14.3. The number of halogens is 1. The van der Waals surface area contributed by atoms with Gasteiger partial charge >= 0.3 is 0 Å². The van der Waals surface area contributed by atoms with E-state index >= 15 is 0 Å². The van der Waals surface area contributed by atoms with E-state index in [0.29, 0.717) is 45.0 Å². The third kappa shape index (κ3) is 5.70. The first-order valence-corrected chi connectivity index (χ1v) is 15.2. The maximum absolute atomic E-state index is 14.3. The van der Waals surface area contributed by atoms with E-state index in [1.54, 1.807) is 19.2 Å². The van der Waals surface area contributed by atoms with Crippen LogP contribution in [0, 0.1) is 5.82 Å². The molecule has 1 spiro atoms. The van der Waals surface area contributed by atoms with Crippen molar-refractivity contribution in [2.24, 2.45) is 0 Å². The number of hydrogen-bond donors (Lipinski definition) is 1. The van der Waals surface area contributed by atoms with Gasteiger partial charge in [0.05, 0.1) is 31.6 Å². The molecule has 3 aliphatic rings. The molecule has 1 saturated heterocycles. The standard InChI is InChI=1S/C32H40FN7O3/c1-4-43-28-16-25(36-17-27(28)33)20-40-21-32(6-5-7-32)29-24(19-37-10-12-38(13-11-37)22(2)41)14-23(15-26(29)30(40)42)18-39-9-8-35-31(39)34-3/h8-9,14-17H,4-7,10-13,18-21H2,1-3H3,(H,34,35). The Morgan fingerprint density at radius 2 is 1.88 bits per heavy atom. The van der Waals surface area contributed by atoms with E-state index in [2.05, 4.69) is 32.3 Å². The summed E-state index contributed by atoms with van der Waals surface area (Å²) < 4.78 is 21.7. The molecule has 2 fully saturated rings. The summed E-state index contributed by atoms with van der Waals surface area (Å²) in [5.74, 6) is 0.500. The van der Waals surface area contributed by atoms with Crippen molar-refractivity contribution in [2.75, 3.05) is 51.7 Å². The highest BCUT2D eigenvalue weighted by molar-refractivity contribution is 5.98. The number of amides is 2. The number of nitrogens with one attached hydrogen (secondary N) is 1. The molecule has 3 aromatic rings. The summed E-state index contributed by atoms with van der Waals surface area (Å²) in [6.45, 7) is 9.02. The lowest BCUT2D eigenvalue weighted by molar-refractivity contribution is -0.130. The van der Waals surface area contributed by atoms with Gasteiger partial charge in [-0.3, -0.25) is 19.5 Å². The molecule has 228 valence electrons. The topological polar surface area (TPSA) is 95.8 Å². The second-order valence-electron chi connectivity index (χ2n) is 11.9. The van der Waals surface area contributed by atoms with Gasteiger partial charge < -0.3 is 24.4 Å². The van der Waals surface area contributed by atoms with Gasteiger partial charge in [0.15, 0.2) is 11.6 Å². The minimum atomic E-state index is -0.504. The Labute approximate surface area is 251 Å². The molecule has 0 unspecified atom stereocenters. The molecule has 0 radical (unpaired) electrons. The Kier molecular flexibility index (Phi) is 8.09. The molecule has 4 heterocycles. The van der Waals surface area contributed by atoms with Crippen LogP contribution in [0.2, 0.25) is 0 Å². The molecule has 1 N–H and O–H groups in total. The van der Waals surface area contributed by atoms with Gasteiger partial charge in [-0.05, 0) is 42.5 Å². The van der Waals surface area contributed by atoms with Crippen LogP contribution in [0.3, 0.4) is 0 Å². The van der Waals surface area contributed by atoms with Gasteiger partial charge in [0, 0.05) is 82.7 Å². The Bertz CT molecular complexity index is 1510. The third-order valence-electron chi connectivity index (χ3n) is 9.17. The first kappa shape index (κ1) is 29.1. The summed E-state index contributed by atoms with van der Waals surface area (Å²) >= 11 is 0. The molecule has 1 saturated carbocycles. The van der Waals surface area contributed by atoms with Crippen LogP contribution in [0.4, 0.5) is 10.3 Å². The van der Waals surface area contributed by atoms with E-state index in [1.807, 2.05) is 34.5 Å². The molecule has 1 aliphatic carbocycles. The monoisotopic (exact) mass is 589 g/mol. The smallest absolute Gasteiger partial charge is 0.254 e. The zero-order valence-electron chi connectivity index (χ0n) is 25.2. The molecule has 1 aromatic carbocycles. The van der Waals surface area contributed by atoms with Gasteiger partial charge in [0.2, 0.25) is 11.9 Å². The van der Waals surface area contributed by atoms with Crippen LogP contribution in [-0.2, 0) is 29.8 Å². The minimum Gasteiger partial charge on any atom is -0.491 e. The van der Waals surface area contributed by atoms with Gasteiger partial charge in [-0.25, -0.2) is 9.37 Å². The number of carbonyl (C=O) groups is 2. The van der Waals surface area contributed by atoms with Crippen molar-refractivity contribution in [3.8, 4) is 5.75 Å². The number of benzene rings is 1. The third-order valence-corrected chi connectivity index (χ3v) is 9.17. The fourth-order valence-corrected chi connectivity index (χ4v) is 6.94. The van der Waals surface area contributed by atoms with E-state index in [-0.39, 0.29) is 23.0 Å². The fraction of sp³-hybridized carbons (Fsp3) is 0.500. The van der Waals surface area contributed by atoms with Crippen molar-refractivity contribution < 1.29 is 18.7 Å². The van der Waals surface area contributed by atoms with Crippen molar-refractivity contribution in [3.63, 3.8) is 0 Å². The summed E-state index contributed by atoms with van der Waals surface area (Å²) in [5, 5.41) is 3.14. The molecule has 0 bridgehead atoms. The Morgan fingerprint density at radius 1 is 1.09 bits per heavy atom. The molecule has 11 heteroatoms. The van der Waals surface area contributed by atoms with Crippen LogP contribution in [0.5, 0.6) is 5.75 Å². The maximum Gasteiger partial charge on any atom is 0.254 e. The SMILES string of the molecule is CCOc1cc(CN2CC3(CCC3)c3c(CN4CCN(C(C)=O)CC4)cc(Cn4ccnc4NC)cc3C2=O)ncc1F. The summed E-state index contributed by atoms with van der Waals surface area (Å²) in [6, 6.07) is 5.94. The van der Waals surface area contributed by atoms with Crippen LogP contribution < -0.4 is 10.1 Å². The number of piperazine rings is 1. The summed E-state index contributed by atoms with van der Waals surface area (Å²) in [4.78, 5) is 41.1. The average Bonchev–Trinajstić information content (AvgIpc) is 3.43. The number of pyridine rings is 1. The normalized spacial score (nSPS) is 18.0. The van der Waals surface area contributed by atoms with E-state index in [0.717, 1.165) is 56.0 Å². The second-order valence-corrected chi connectivity index (χ2v) is 11.9. The van der Waals surface area contributed by atoms with Crippen LogP contribution in [0.1, 0.15) is 65.9 Å². The highest BCUT2D eigenvalue weighted by Crippen LogP contribution is 2.50. The van der Waals surface area contributed by atoms with Crippen LogP contribution >= 0.6 is 0 Å². The van der Waals surface area contributed by atoms with Crippen LogP contribution in [0.15, 0.2) is 36.8 Å². The van der Waals surface area contributed by atoms with Crippen molar-refractivity contribution in [1.82, 2.24) is 29.2 Å². The van der Waals surface area contributed by atoms with Gasteiger partial charge in [-0.15, -0.1) is 0 Å². The Balaban J connectivity index is 1.36. The fourth-order valence-electron chi connectivity index (χ4n) is 6.94. The predicted octanol–water partition coefficient (Wildman–Crippen LogP) is 3.65. The van der Waals surface area contributed by atoms with Crippen molar-refractivity contribution in [2.45, 2.75) is 58.2 Å². The second kappa shape index (κ2) is 11.9. The summed E-state index contributed by atoms with van der Waals surface area (Å²) in [5.41, 5.74) is 4.65. The van der Waals surface area contributed by atoms with Crippen molar-refractivity contribution in [1.29, 1.82) is 0 Å². The minimum absolute atomic E-state index is 0.0272. The lowest BCUT2D eigenvalue weighted by atomic mass is 9.60. The lowest BCUT2D eigenvalue weighted by Crippen LogP contribution is -2.53. The Morgan fingerprint density at radius 3 is 2.56 bits per heavy atom. The lowest BCUT2D eigenvalue weighted by Gasteiger charge is -2.51. The highest BCUT2D eigenvalue weighted by Gasteiger charge is 2.48. The highest BCUT2D eigenvalue weighted by atomic mass is 19.1. The molecule has 43 heavy (non-hydrogen) atoms.